The van der Waals surface area contributed by atoms with E-state index >= 15 is 0 Å². The SMILES string of the molecule is O=C(O)CCCCCCNC(=O)c1ccc(Oc2ccccc2)nc1. The van der Waals surface area contributed by atoms with E-state index in [4.69, 9.17) is 9.84 Å². The number of ether oxygens (including phenoxy) is 1. The average molecular weight is 342 g/mol. The summed E-state index contributed by atoms with van der Waals surface area (Å²) in [4.78, 5) is 26.6. The number of hydrogen-bond acceptors (Lipinski definition) is 4. The molecule has 0 bridgehead atoms. The number of amides is 1. The highest BCUT2D eigenvalue weighted by Gasteiger charge is 2.06. The van der Waals surface area contributed by atoms with Gasteiger partial charge in [-0.2, -0.15) is 0 Å². The fourth-order valence-electron chi connectivity index (χ4n) is 2.24. The van der Waals surface area contributed by atoms with Gasteiger partial charge in [-0.1, -0.05) is 31.0 Å². The summed E-state index contributed by atoms with van der Waals surface area (Å²) in [7, 11) is 0. The highest BCUT2D eigenvalue weighted by atomic mass is 16.5. The molecule has 0 fully saturated rings. The van der Waals surface area contributed by atoms with Gasteiger partial charge in [0.05, 0.1) is 5.56 Å². The minimum atomic E-state index is -0.763. The Kier molecular flexibility index (Phi) is 7.43. The van der Waals surface area contributed by atoms with Crippen molar-refractivity contribution < 1.29 is 19.4 Å². The van der Waals surface area contributed by atoms with Crippen LogP contribution in [0.1, 0.15) is 42.5 Å². The molecule has 1 heterocycles. The van der Waals surface area contributed by atoms with E-state index in [0.717, 1.165) is 19.3 Å². The van der Waals surface area contributed by atoms with Crippen LogP contribution < -0.4 is 10.1 Å². The number of para-hydroxylation sites is 1. The Balaban J connectivity index is 1.69. The lowest BCUT2D eigenvalue weighted by Crippen LogP contribution is -2.24. The standard InChI is InChI=1S/C19H22N2O4/c22-18(23)10-6-1-2-7-13-20-19(24)15-11-12-17(21-14-15)25-16-8-4-3-5-9-16/h3-5,8-9,11-12,14H,1-2,6-7,10,13H2,(H,20,24)(H,22,23). The number of hydrogen-bond donors (Lipinski definition) is 2. The zero-order valence-corrected chi connectivity index (χ0v) is 14.0. The van der Waals surface area contributed by atoms with Crippen molar-refractivity contribution in [1.82, 2.24) is 10.3 Å². The third-order valence-corrected chi connectivity index (χ3v) is 3.57. The minimum absolute atomic E-state index is 0.177. The van der Waals surface area contributed by atoms with Gasteiger partial charge in [-0.05, 0) is 31.0 Å². The van der Waals surface area contributed by atoms with Crippen molar-refractivity contribution in [3.63, 3.8) is 0 Å². The highest BCUT2D eigenvalue weighted by molar-refractivity contribution is 5.93. The predicted molar refractivity (Wildman–Crippen MR) is 93.8 cm³/mol. The molecule has 1 aromatic heterocycles. The normalized spacial score (nSPS) is 10.2. The van der Waals surface area contributed by atoms with E-state index in [1.807, 2.05) is 30.3 Å². The lowest BCUT2D eigenvalue weighted by Gasteiger charge is -2.07. The van der Waals surface area contributed by atoms with Gasteiger partial charge < -0.3 is 15.2 Å². The molecule has 1 amide bonds. The fraction of sp³-hybridized carbons (Fsp3) is 0.316. The Morgan fingerprint density at radius 1 is 1.00 bits per heavy atom. The molecule has 0 saturated carbocycles. The quantitative estimate of drug-likeness (QED) is 0.644. The lowest BCUT2D eigenvalue weighted by molar-refractivity contribution is -0.137. The van der Waals surface area contributed by atoms with Crippen LogP contribution in [0.5, 0.6) is 11.6 Å². The molecule has 0 saturated heterocycles. The second-order valence-corrected chi connectivity index (χ2v) is 5.61. The second-order valence-electron chi connectivity index (χ2n) is 5.61. The number of carboxylic acids is 1. The number of aromatic nitrogens is 1. The van der Waals surface area contributed by atoms with Gasteiger partial charge in [-0.25, -0.2) is 4.98 Å². The lowest BCUT2D eigenvalue weighted by atomic mass is 10.1. The Bertz CT molecular complexity index is 672. The van der Waals surface area contributed by atoms with Gasteiger partial charge in [0.2, 0.25) is 5.88 Å². The average Bonchev–Trinajstić information content (AvgIpc) is 2.62. The van der Waals surface area contributed by atoms with Gasteiger partial charge in [0.15, 0.2) is 0 Å². The van der Waals surface area contributed by atoms with Gasteiger partial charge in [0, 0.05) is 25.2 Å². The van der Waals surface area contributed by atoms with Crippen molar-refractivity contribution in [2.75, 3.05) is 6.54 Å². The molecule has 0 aliphatic rings. The molecule has 2 N–H and O–H groups in total. The van der Waals surface area contributed by atoms with Crippen molar-refractivity contribution >= 4 is 11.9 Å². The first kappa shape index (κ1) is 18.4. The minimum Gasteiger partial charge on any atom is -0.481 e. The number of carbonyl (C=O) groups is 2. The summed E-state index contributed by atoms with van der Waals surface area (Å²) in [6, 6.07) is 12.6. The zero-order valence-electron chi connectivity index (χ0n) is 14.0. The van der Waals surface area contributed by atoms with Crippen LogP contribution in [-0.2, 0) is 4.79 Å². The summed E-state index contributed by atoms with van der Waals surface area (Å²) in [5.41, 5.74) is 0.478. The molecule has 25 heavy (non-hydrogen) atoms. The molecule has 0 spiro atoms. The van der Waals surface area contributed by atoms with Crippen molar-refractivity contribution in [3.8, 4) is 11.6 Å². The summed E-state index contributed by atoms with van der Waals surface area (Å²) in [6.45, 7) is 0.564. The summed E-state index contributed by atoms with van der Waals surface area (Å²) < 4.78 is 5.58. The van der Waals surface area contributed by atoms with Crippen molar-refractivity contribution in [2.45, 2.75) is 32.1 Å². The molecule has 2 rings (SSSR count). The van der Waals surface area contributed by atoms with Crippen LogP contribution in [0.25, 0.3) is 0 Å². The highest BCUT2D eigenvalue weighted by Crippen LogP contribution is 2.18. The predicted octanol–water partition coefficient (Wildman–Crippen LogP) is 3.64. The number of nitrogens with one attached hydrogen (secondary N) is 1. The van der Waals surface area contributed by atoms with Crippen molar-refractivity contribution in [3.05, 3.63) is 54.2 Å². The van der Waals surface area contributed by atoms with E-state index in [9.17, 15) is 9.59 Å². The summed E-state index contributed by atoms with van der Waals surface area (Å²) >= 11 is 0. The summed E-state index contributed by atoms with van der Waals surface area (Å²) in [5, 5.41) is 11.4. The van der Waals surface area contributed by atoms with Gasteiger partial charge in [-0.15, -0.1) is 0 Å². The first-order chi connectivity index (χ1) is 12.1. The molecule has 0 radical (unpaired) electrons. The number of carbonyl (C=O) groups excluding carboxylic acids is 1. The van der Waals surface area contributed by atoms with Crippen molar-refractivity contribution in [1.29, 1.82) is 0 Å². The van der Waals surface area contributed by atoms with Crippen LogP contribution in [0, 0.1) is 0 Å². The topological polar surface area (TPSA) is 88.5 Å². The first-order valence-electron chi connectivity index (χ1n) is 8.34. The Labute approximate surface area is 146 Å². The second kappa shape index (κ2) is 10.1. The van der Waals surface area contributed by atoms with E-state index in [0.29, 0.717) is 30.2 Å². The molecular weight excluding hydrogens is 320 g/mol. The van der Waals surface area contributed by atoms with Crippen LogP contribution in [0.2, 0.25) is 0 Å². The molecule has 6 nitrogen and oxygen atoms in total. The maximum Gasteiger partial charge on any atom is 0.303 e. The summed E-state index contributed by atoms with van der Waals surface area (Å²) in [5.74, 6) is 0.182. The van der Waals surface area contributed by atoms with Crippen molar-refractivity contribution in [2.24, 2.45) is 0 Å². The number of rotatable bonds is 10. The Morgan fingerprint density at radius 3 is 2.44 bits per heavy atom. The van der Waals surface area contributed by atoms with E-state index in [-0.39, 0.29) is 12.3 Å². The fourth-order valence-corrected chi connectivity index (χ4v) is 2.24. The first-order valence-corrected chi connectivity index (χ1v) is 8.34. The van der Waals surface area contributed by atoms with Crippen LogP contribution in [0.4, 0.5) is 0 Å². The van der Waals surface area contributed by atoms with E-state index in [1.165, 1.54) is 6.20 Å². The van der Waals surface area contributed by atoms with Gasteiger partial charge >= 0.3 is 5.97 Å². The molecule has 132 valence electrons. The molecular formula is C19H22N2O4. The monoisotopic (exact) mass is 342 g/mol. The van der Waals surface area contributed by atoms with Crippen LogP contribution in [0.15, 0.2) is 48.7 Å². The Hall–Kier alpha value is -2.89. The van der Waals surface area contributed by atoms with E-state index in [2.05, 4.69) is 10.3 Å². The van der Waals surface area contributed by atoms with Gasteiger partial charge in [0.1, 0.15) is 5.75 Å². The molecule has 0 unspecified atom stereocenters. The third kappa shape index (κ3) is 7.03. The maximum absolute atomic E-state index is 12.0. The third-order valence-electron chi connectivity index (χ3n) is 3.57. The molecule has 6 heteroatoms. The Morgan fingerprint density at radius 2 is 1.76 bits per heavy atom. The maximum atomic E-state index is 12.0. The van der Waals surface area contributed by atoms with Crippen LogP contribution in [0.3, 0.4) is 0 Å². The van der Waals surface area contributed by atoms with Crippen LogP contribution >= 0.6 is 0 Å². The molecule has 0 aliphatic carbocycles. The number of aliphatic carboxylic acids is 1. The van der Waals surface area contributed by atoms with Gasteiger partial charge in [0.25, 0.3) is 5.91 Å². The number of carboxylic acid groups (broad SMARTS) is 1. The van der Waals surface area contributed by atoms with Gasteiger partial charge in [-0.3, -0.25) is 9.59 Å². The molecule has 2 aromatic rings. The number of nitrogens with zero attached hydrogens (tertiary/aromatic N) is 1. The largest absolute Gasteiger partial charge is 0.481 e. The number of unbranched alkanes of at least 4 members (excludes halogenated alkanes) is 3. The number of pyridine rings is 1. The number of benzene rings is 1. The van der Waals surface area contributed by atoms with E-state index in [1.54, 1.807) is 12.1 Å². The zero-order chi connectivity index (χ0) is 17.9. The van der Waals surface area contributed by atoms with E-state index < -0.39 is 5.97 Å². The smallest absolute Gasteiger partial charge is 0.303 e. The van der Waals surface area contributed by atoms with Crippen LogP contribution in [-0.4, -0.2) is 28.5 Å². The molecule has 0 aliphatic heterocycles. The summed E-state index contributed by atoms with van der Waals surface area (Å²) in [6.07, 6.45) is 4.95. The molecule has 0 atom stereocenters. The molecule has 1 aromatic carbocycles.